The van der Waals surface area contributed by atoms with Crippen LogP contribution in [0.4, 0.5) is 0 Å². The number of carbonyl (C=O) groups is 2. The average molecular weight is 272 g/mol. The van der Waals surface area contributed by atoms with Gasteiger partial charge < -0.3 is 15.3 Å². The van der Waals surface area contributed by atoms with E-state index in [0.717, 1.165) is 17.7 Å². The van der Waals surface area contributed by atoms with Crippen LogP contribution in [-0.2, 0) is 11.3 Å². The van der Waals surface area contributed by atoms with Crippen LogP contribution in [0.3, 0.4) is 0 Å². The molecule has 1 aromatic rings. The fourth-order valence-electron chi connectivity index (χ4n) is 2.82. The van der Waals surface area contributed by atoms with Crippen LogP contribution in [0.2, 0.25) is 0 Å². The van der Waals surface area contributed by atoms with Gasteiger partial charge in [0.2, 0.25) is 5.91 Å². The molecule has 0 bridgehead atoms. The third kappa shape index (κ3) is 1.95. The predicted molar refractivity (Wildman–Crippen MR) is 72.9 cm³/mol. The van der Waals surface area contributed by atoms with E-state index in [1.54, 1.807) is 17.0 Å². The number of hydrogen-bond acceptors (Lipinski definition) is 3. The first-order valence-electron chi connectivity index (χ1n) is 6.69. The summed E-state index contributed by atoms with van der Waals surface area (Å²) in [7, 11) is 0. The first kappa shape index (κ1) is 12.7. The van der Waals surface area contributed by atoms with Crippen molar-refractivity contribution < 1.29 is 14.7 Å². The highest BCUT2D eigenvalue weighted by Crippen LogP contribution is 2.30. The molecule has 0 aliphatic carbocycles. The maximum atomic E-state index is 12.4. The number of amides is 2. The number of fused-ring (bicyclic) bond motifs is 1. The Balaban J connectivity index is 1.84. The van der Waals surface area contributed by atoms with Crippen LogP contribution >= 0.6 is 0 Å². The number of benzene rings is 1. The van der Waals surface area contributed by atoms with Gasteiger partial charge in [-0.1, -0.05) is 6.08 Å². The summed E-state index contributed by atoms with van der Waals surface area (Å²) in [4.78, 5) is 26.1. The Morgan fingerprint density at radius 2 is 2.20 bits per heavy atom. The summed E-state index contributed by atoms with van der Waals surface area (Å²) in [6.07, 6.45) is 3.28. The topological polar surface area (TPSA) is 69.6 Å². The molecule has 20 heavy (non-hydrogen) atoms. The minimum Gasteiger partial charge on any atom is -0.508 e. The zero-order chi connectivity index (χ0) is 14.3. The Kier molecular flexibility index (Phi) is 2.97. The molecule has 2 heterocycles. The molecule has 1 atom stereocenters. The van der Waals surface area contributed by atoms with Crippen LogP contribution < -0.4 is 5.32 Å². The lowest BCUT2D eigenvalue weighted by atomic mass is 10.0. The molecule has 0 aromatic heterocycles. The third-order valence-corrected chi connectivity index (χ3v) is 3.92. The highest BCUT2D eigenvalue weighted by molar-refractivity contribution is 6.01. The van der Waals surface area contributed by atoms with Gasteiger partial charge in [0, 0.05) is 17.8 Å². The molecule has 1 fully saturated rings. The van der Waals surface area contributed by atoms with E-state index in [4.69, 9.17) is 0 Å². The first-order valence-corrected chi connectivity index (χ1v) is 6.69. The van der Waals surface area contributed by atoms with Gasteiger partial charge in [-0.2, -0.15) is 0 Å². The number of hydrogen-bond donors (Lipinski definition) is 2. The number of allylic oxidation sites excluding steroid dienone is 2. The van der Waals surface area contributed by atoms with E-state index in [-0.39, 0.29) is 17.6 Å². The molecule has 1 unspecified atom stereocenters. The molecule has 2 amide bonds. The first-order chi connectivity index (χ1) is 9.60. The summed E-state index contributed by atoms with van der Waals surface area (Å²) in [6.45, 7) is 2.27. The van der Waals surface area contributed by atoms with Crippen molar-refractivity contribution in [1.29, 1.82) is 0 Å². The number of rotatable bonds is 1. The van der Waals surface area contributed by atoms with Gasteiger partial charge in [-0.05, 0) is 43.5 Å². The number of aromatic hydroxyl groups is 1. The van der Waals surface area contributed by atoms with Crippen molar-refractivity contribution in [2.45, 2.75) is 32.4 Å². The molecular weight excluding hydrogens is 256 g/mol. The van der Waals surface area contributed by atoms with E-state index in [1.807, 2.05) is 13.0 Å². The fraction of sp³-hybridized carbons (Fsp3) is 0.333. The van der Waals surface area contributed by atoms with Gasteiger partial charge in [0.15, 0.2) is 0 Å². The summed E-state index contributed by atoms with van der Waals surface area (Å²) >= 11 is 0. The van der Waals surface area contributed by atoms with Gasteiger partial charge in [0.25, 0.3) is 5.91 Å². The lowest BCUT2D eigenvalue weighted by Gasteiger charge is -2.31. The van der Waals surface area contributed by atoms with Crippen molar-refractivity contribution in [2.75, 3.05) is 0 Å². The van der Waals surface area contributed by atoms with Crippen LogP contribution in [0.5, 0.6) is 5.75 Å². The third-order valence-electron chi connectivity index (χ3n) is 3.92. The molecule has 2 N–H and O–H groups in total. The second-order valence-corrected chi connectivity index (χ2v) is 5.13. The maximum Gasteiger partial charge on any atom is 0.255 e. The van der Waals surface area contributed by atoms with Gasteiger partial charge in [0.1, 0.15) is 11.8 Å². The van der Waals surface area contributed by atoms with Crippen LogP contribution in [0.1, 0.15) is 35.7 Å². The molecule has 3 rings (SSSR count). The largest absolute Gasteiger partial charge is 0.508 e. The van der Waals surface area contributed by atoms with Gasteiger partial charge in [-0.15, -0.1) is 0 Å². The molecule has 0 spiro atoms. The van der Waals surface area contributed by atoms with Crippen LogP contribution in [0.25, 0.3) is 0 Å². The summed E-state index contributed by atoms with van der Waals surface area (Å²) < 4.78 is 0. The molecule has 0 saturated carbocycles. The predicted octanol–water partition coefficient (Wildman–Crippen LogP) is 1.53. The van der Waals surface area contributed by atoms with E-state index in [2.05, 4.69) is 5.32 Å². The highest BCUT2D eigenvalue weighted by Gasteiger charge is 2.38. The van der Waals surface area contributed by atoms with Crippen molar-refractivity contribution in [3.05, 3.63) is 41.1 Å². The van der Waals surface area contributed by atoms with E-state index in [9.17, 15) is 14.7 Å². The monoisotopic (exact) mass is 272 g/mol. The molecule has 5 heteroatoms. The maximum absolute atomic E-state index is 12.4. The second kappa shape index (κ2) is 4.67. The number of nitrogens with one attached hydrogen (secondary N) is 1. The van der Waals surface area contributed by atoms with Crippen LogP contribution in [-0.4, -0.2) is 27.9 Å². The minimum absolute atomic E-state index is 0.130. The van der Waals surface area contributed by atoms with Crippen molar-refractivity contribution in [1.82, 2.24) is 10.2 Å². The Labute approximate surface area is 116 Å². The molecule has 104 valence electrons. The van der Waals surface area contributed by atoms with Gasteiger partial charge >= 0.3 is 0 Å². The minimum atomic E-state index is -0.430. The van der Waals surface area contributed by atoms with E-state index in [0.29, 0.717) is 18.5 Å². The van der Waals surface area contributed by atoms with Crippen molar-refractivity contribution in [3.63, 3.8) is 0 Å². The number of carbonyl (C=O) groups excluding carboxylic acids is 2. The van der Waals surface area contributed by atoms with E-state index in [1.165, 1.54) is 6.07 Å². The normalized spacial score (nSPS) is 23.9. The SMILES string of the molecule is CC=C1CCC(N2Cc3cc(O)ccc3C2=O)C(=O)N1. The summed E-state index contributed by atoms with van der Waals surface area (Å²) in [5, 5.41) is 12.3. The lowest BCUT2D eigenvalue weighted by Crippen LogP contribution is -2.49. The summed E-state index contributed by atoms with van der Waals surface area (Å²) in [5.41, 5.74) is 2.26. The quantitative estimate of drug-likeness (QED) is 0.814. The smallest absolute Gasteiger partial charge is 0.255 e. The zero-order valence-electron chi connectivity index (χ0n) is 11.2. The molecule has 1 saturated heterocycles. The molecule has 1 aromatic carbocycles. The van der Waals surface area contributed by atoms with Crippen LogP contribution in [0, 0.1) is 0 Å². The van der Waals surface area contributed by atoms with E-state index < -0.39 is 6.04 Å². The van der Waals surface area contributed by atoms with Crippen LogP contribution in [0.15, 0.2) is 30.0 Å². The van der Waals surface area contributed by atoms with Crippen molar-refractivity contribution in [3.8, 4) is 5.75 Å². The lowest BCUT2D eigenvalue weighted by molar-refractivity contribution is -0.126. The number of phenols is 1. The Morgan fingerprint density at radius 3 is 2.90 bits per heavy atom. The molecule has 0 radical (unpaired) electrons. The highest BCUT2D eigenvalue weighted by atomic mass is 16.3. The fourth-order valence-corrected chi connectivity index (χ4v) is 2.82. The molecule has 2 aliphatic heterocycles. The molecule has 5 nitrogen and oxygen atoms in total. The molecular formula is C15H16N2O3. The van der Waals surface area contributed by atoms with Crippen molar-refractivity contribution >= 4 is 11.8 Å². The standard InChI is InChI=1S/C15H16N2O3/c1-2-10-3-6-13(14(19)16-10)17-8-9-7-11(18)4-5-12(9)15(17)20/h2,4-5,7,13,18H,3,6,8H2,1H3,(H,16,19). The van der Waals surface area contributed by atoms with Gasteiger partial charge in [-0.3, -0.25) is 9.59 Å². The number of phenolic OH excluding ortho intramolecular Hbond substituents is 1. The summed E-state index contributed by atoms with van der Waals surface area (Å²) in [6, 6.07) is 4.27. The van der Waals surface area contributed by atoms with Crippen molar-refractivity contribution in [2.24, 2.45) is 0 Å². The Bertz CT molecular complexity index is 622. The zero-order valence-corrected chi connectivity index (χ0v) is 11.2. The Morgan fingerprint density at radius 1 is 1.40 bits per heavy atom. The molecule has 2 aliphatic rings. The second-order valence-electron chi connectivity index (χ2n) is 5.13. The van der Waals surface area contributed by atoms with Gasteiger partial charge in [0.05, 0.1) is 0 Å². The average Bonchev–Trinajstić information content (AvgIpc) is 2.75. The summed E-state index contributed by atoms with van der Waals surface area (Å²) in [5.74, 6) is -0.124. The van der Waals surface area contributed by atoms with Gasteiger partial charge in [-0.25, -0.2) is 0 Å². The van der Waals surface area contributed by atoms with E-state index >= 15 is 0 Å². The Hall–Kier alpha value is -2.30. The number of nitrogens with zero attached hydrogens (tertiary/aromatic N) is 1. The number of piperidine rings is 1.